The van der Waals surface area contributed by atoms with Gasteiger partial charge in [0.2, 0.25) is 0 Å². The maximum Gasteiger partial charge on any atom is 0.266 e. The number of hydrogen-bond acceptors (Lipinski definition) is 4. The van der Waals surface area contributed by atoms with Crippen LogP contribution in [0.4, 0.5) is 0 Å². The lowest BCUT2D eigenvalue weighted by atomic mass is 9.71. The largest absolute Gasteiger partial charge is 0.381 e. The monoisotopic (exact) mass is 308 g/mol. The SMILES string of the molecule is CO[C@@H]1CC[C@H]2N(C(=O)c3sc(C)nc3C)CC[C@@]2(C)C1. The lowest BCUT2D eigenvalue weighted by Gasteiger charge is -2.42. The number of fused-ring (bicyclic) bond motifs is 1. The molecule has 1 aromatic heterocycles. The number of nitrogens with zero attached hydrogens (tertiary/aromatic N) is 2. The molecule has 1 aromatic rings. The average Bonchev–Trinajstić information content (AvgIpc) is 2.96. The second-order valence-corrected chi connectivity index (χ2v) is 7.91. The molecule has 2 fully saturated rings. The van der Waals surface area contributed by atoms with Crippen LogP contribution in [0.2, 0.25) is 0 Å². The van der Waals surface area contributed by atoms with Gasteiger partial charge in [-0.2, -0.15) is 0 Å². The number of amides is 1. The predicted octanol–water partition coefficient (Wildman–Crippen LogP) is 3.18. The van der Waals surface area contributed by atoms with Crippen molar-refractivity contribution in [2.75, 3.05) is 13.7 Å². The van der Waals surface area contributed by atoms with Crippen LogP contribution in [-0.2, 0) is 4.74 Å². The number of carbonyl (C=O) groups excluding carboxylic acids is 1. The van der Waals surface area contributed by atoms with Crippen LogP contribution in [0.3, 0.4) is 0 Å². The molecule has 0 aromatic carbocycles. The van der Waals surface area contributed by atoms with Crippen LogP contribution >= 0.6 is 11.3 Å². The molecule has 1 saturated heterocycles. The van der Waals surface area contributed by atoms with Gasteiger partial charge in [0.15, 0.2) is 0 Å². The fraction of sp³-hybridized carbons (Fsp3) is 0.750. The van der Waals surface area contributed by atoms with E-state index in [1.807, 2.05) is 13.8 Å². The Balaban J connectivity index is 1.82. The van der Waals surface area contributed by atoms with E-state index in [9.17, 15) is 4.79 Å². The summed E-state index contributed by atoms with van der Waals surface area (Å²) in [6.45, 7) is 7.09. The van der Waals surface area contributed by atoms with Crippen molar-refractivity contribution in [2.45, 2.75) is 58.6 Å². The first-order valence-corrected chi connectivity index (χ1v) is 8.54. The van der Waals surface area contributed by atoms with Gasteiger partial charge in [0.25, 0.3) is 5.91 Å². The highest BCUT2D eigenvalue weighted by molar-refractivity contribution is 7.13. The number of aryl methyl sites for hydroxylation is 2. The molecule has 2 heterocycles. The van der Waals surface area contributed by atoms with Crippen LogP contribution in [0, 0.1) is 19.3 Å². The van der Waals surface area contributed by atoms with E-state index in [-0.39, 0.29) is 11.3 Å². The van der Waals surface area contributed by atoms with E-state index in [1.165, 1.54) is 11.3 Å². The van der Waals surface area contributed by atoms with E-state index in [4.69, 9.17) is 4.74 Å². The Morgan fingerprint density at radius 1 is 1.43 bits per heavy atom. The highest BCUT2D eigenvalue weighted by Gasteiger charge is 2.49. The number of thiazole rings is 1. The Kier molecular flexibility index (Phi) is 3.82. The van der Waals surface area contributed by atoms with Gasteiger partial charge in [-0.3, -0.25) is 4.79 Å². The minimum absolute atomic E-state index is 0.183. The molecule has 3 rings (SSSR count). The van der Waals surface area contributed by atoms with Crippen molar-refractivity contribution < 1.29 is 9.53 Å². The molecule has 0 spiro atoms. The zero-order valence-electron chi connectivity index (χ0n) is 13.3. The van der Waals surface area contributed by atoms with Crippen molar-refractivity contribution >= 4 is 17.2 Å². The van der Waals surface area contributed by atoms with Crippen LogP contribution in [0.5, 0.6) is 0 Å². The molecule has 4 nitrogen and oxygen atoms in total. The Bertz CT molecular complexity index is 556. The van der Waals surface area contributed by atoms with E-state index >= 15 is 0 Å². The molecule has 1 amide bonds. The molecule has 5 heteroatoms. The van der Waals surface area contributed by atoms with Crippen LogP contribution < -0.4 is 0 Å². The normalized spacial score (nSPS) is 32.3. The molecule has 1 aliphatic heterocycles. The van der Waals surface area contributed by atoms with Crippen molar-refractivity contribution in [3.05, 3.63) is 15.6 Å². The molecule has 0 bridgehead atoms. The summed E-state index contributed by atoms with van der Waals surface area (Å²) < 4.78 is 5.56. The number of methoxy groups -OCH3 is 1. The number of likely N-dealkylation sites (tertiary alicyclic amines) is 1. The summed E-state index contributed by atoms with van der Waals surface area (Å²) in [4.78, 5) is 20.2. The van der Waals surface area contributed by atoms with Gasteiger partial charge in [-0.05, 0) is 44.9 Å². The van der Waals surface area contributed by atoms with E-state index in [0.717, 1.165) is 47.8 Å². The maximum absolute atomic E-state index is 12.9. The number of ether oxygens (including phenoxy) is 1. The Labute approximate surface area is 130 Å². The molecule has 0 unspecified atom stereocenters. The summed E-state index contributed by atoms with van der Waals surface area (Å²) in [5.41, 5.74) is 1.09. The Morgan fingerprint density at radius 3 is 2.81 bits per heavy atom. The van der Waals surface area contributed by atoms with E-state index in [2.05, 4.69) is 16.8 Å². The molecule has 21 heavy (non-hydrogen) atoms. The lowest BCUT2D eigenvalue weighted by Crippen LogP contribution is -2.46. The zero-order valence-corrected chi connectivity index (χ0v) is 14.1. The van der Waals surface area contributed by atoms with Gasteiger partial charge in [0.05, 0.1) is 16.8 Å². The molecule has 1 aliphatic carbocycles. The smallest absolute Gasteiger partial charge is 0.266 e. The van der Waals surface area contributed by atoms with Gasteiger partial charge in [-0.15, -0.1) is 11.3 Å². The van der Waals surface area contributed by atoms with Gasteiger partial charge in [-0.1, -0.05) is 6.92 Å². The quantitative estimate of drug-likeness (QED) is 0.842. The zero-order chi connectivity index (χ0) is 15.2. The first-order valence-electron chi connectivity index (χ1n) is 7.72. The van der Waals surface area contributed by atoms with Gasteiger partial charge in [-0.25, -0.2) is 4.98 Å². The van der Waals surface area contributed by atoms with Crippen LogP contribution in [-0.4, -0.2) is 41.6 Å². The number of hydrogen-bond donors (Lipinski definition) is 0. The fourth-order valence-corrected chi connectivity index (χ4v) is 4.96. The molecule has 2 aliphatic rings. The average molecular weight is 308 g/mol. The summed E-state index contributed by atoms with van der Waals surface area (Å²) >= 11 is 1.53. The predicted molar refractivity (Wildman–Crippen MR) is 83.8 cm³/mol. The summed E-state index contributed by atoms with van der Waals surface area (Å²) in [7, 11) is 1.80. The molecule has 3 atom stereocenters. The first kappa shape index (κ1) is 15.0. The molecule has 1 saturated carbocycles. The third-order valence-electron chi connectivity index (χ3n) is 5.25. The topological polar surface area (TPSA) is 42.4 Å². The fourth-order valence-electron chi connectivity index (χ4n) is 4.09. The summed E-state index contributed by atoms with van der Waals surface area (Å²) in [5, 5.41) is 0.973. The molecular formula is C16H24N2O2S. The first-order chi connectivity index (χ1) is 9.94. The second-order valence-electron chi connectivity index (χ2n) is 6.70. The van der Waals surface area contributed by atoms with E-state index in [1.54, 1.807) is 7.11 Å². The maximum atomic E-state index is 12.9. The van der Waals surface area contributed by atoms with E-state index < -0.39 is 0 Å². The highest BCUT2D eigenvalue weighted by atomic mass is 32.1. The van der Waals surface area contributed by atoms with Crippen molar-refractivity contribution in [1.29, 1.82) is 0 Å². The van der Waals surface area contributed by atoms with Crippen LogP contribution in [0.15, 0.2) is 0 Å². The van der Waals surface area contributed by atoms with Crippen molar-refractivity contribution in [1.82, 2.24) is 9.88 Å². The lowest BCUT2D eigenvalue weighted by molar-refractivity contribution is -0.00269. The van der Waals surface area contributed by atoms with Gasteiger partial charge in [0.1, 0.15) is 4.88 Å². The van der Waals surface area contributed by atoms with Gasteiger partial charge < -0.3 is 9.64 Å². The number of aromatic nitrogens is 1. The summed E-state index contributed by atoms with van der Waals surface area (Å²) in [6.07, 6.45) is 4.62. The number of carbonyl (C=O) groups is 1. The Morgan fingerprint density at radius 2 is 2.19 bits per heavy atom. The molecule has 0 N–H and O–H groups in total. The van der Waals surface area contributed by atoms with Crippen LogP contribution in [0.1, 0.15) is 53.0 Å². The molecular weight excluding hydrogens is 284 g/mol. The van der Waals surface area contributed by atoms with Gasteiger partial charge in [0, 0.05) is 19.7 Å². The third kappa shape index (κ3) is 2.50. The number of rotatable bonds is 2. The Hall–Kier alpha value is -0.940. The van der Waals surface area contributed by atoms with Crippen LogP contribution in [0.25, 0.3) is 0 Å². The third-order valence-corrected chi connectivity index (χ3v) is 6.31. The second kappa shape index (κ2) is 5.36. The molecule has 116 valence electrons. The van der Waals surface area contributed by atoms with Crippen molar-refractivity contribution in [3.63, 3.8) is 0 Å². The summed E-state index contributed by atoms with van der Waals surface area (Å²) in [5.74, 6) is 0.183. The van der Waals surface area contributed by atoms with E-state index in [0.29, 0.717) is 12.1 Å². The highest BCUT2D eigenvalue weighted by Crippen LogP contribution is 2.47. The summed E-state index contributed by atoms with van der Waals surface area (Å²) in [6, 6.07) is 0.359. The standard InChI is InChI=1S/C16H24N2O2S/c1-10-14(21-11(2)17-10)15(19)18-8-7-16(3)9-12(20-4)5-6-13(16)18/h12-13H,5-9H2,1-4H3/t12-,13-,16+/m1/s1. The minimum Gasteiger partial charge on any atom is -0.381 e. The van der Waals surface area contributed by atoms with Crippen molar-refractivity contribution in [3.8, 4) is 0 Å². The minimum atomic E-state index is 0.183. The van der Waals surface area contributed by atoms with Gasteiger partial charge >= 0.3 is 0 Å². The van der Waals surface area contributed by atoms with Crippen molar-refractivity contribution in [2.24, 2.45) is 5.41 Å². The molecule has 0 radical (unpaired) electrons.